The van der Waals surface area contributed by atoms with Crippen molar-refractivity contribution in [1.29, 1.82) is 0 Å². The van der Waals surface area contributed by atoms with E-state index < -0.39 is 11.9 Å². The molecule has 0 aliphatic rings. The van der Waals surface area contributed by atoms with Gasteiger partial charge in [-0.25, -0.2) is 9.18 Å². The second-order valence-corrected chi connectivity index (χ2v) is 4.13. The highest BCUT2D eigenvalue weighted by Gasteiger charge is 2.11. The number of phenolic OH excluding ortho intramolecular Hbond substituents is 1. The van der Waals surface area contributed by atoms with Gasteiger partial charge in [-0.2, -0.15) is 0 Å². The molecule has 0 aromatic heterocycles. The summed E-state index contributed by atoms with van der Waals surface area (Å²) in [4.78, 5) is 10.8. The first kappa shape index (κ1) is 13.2. The molecule has 0 fully saturated rings. The number of phenols is 1. The van der Waals surface area contributed by atoms with Crippen LogP contribution in [-0.2, 0) is 0 Å². The van der Waals surface area contributed by atoms with E-state index in [1.54, 1.807) is 0 Å². The van der Waals surface area contributed by atoms with Gasteiger partial charge in [-0.1, -0.05) is 17.7 Å². The van der Waals surface area contributed by atoms with E-state index in [9.17, 15) is 14.3 Å². The SMILES string of the molecule is NC(=O)Oc1ccc(F)cc1-c1ccc(O)c(Cl)c1. The van der Waals surface area contributed by atoms with E-state index in [2.05, 4.69) is 0 Å². The summed E-state index contributed by atoms with van der Waals surface area (Å²) >= 11 is 5.79. The fraction of sp³-hybridized carbons (Fsp3) is 0. The number of rotatable bonds is 2. The minimum absolute atomic E-state index is 0.0980. The largest absolute Gasteiger partial charge is 0.506 e. The van der Waals surface area contributed by atoms with E-state index in [1.807, 2.05) is 0 Å². The Balaban J connectivity index is 2.55. The first-order valence-corrected chi connectivity index (χ1v) is 5.61. The van der Waals surface area contributed by atoms with Gasteiger partial charge in [0.15, 0.2) is 0 Å². The third kappa shape index (κ3) is 2.95. The Morgan fingerprint density at radius 1 is 1.26 bits per heavy atom. The summed E-state index contributed by atoms with van der Waals surface area (Å²) in [6.07, 6.45) is -1.00. The van der Waals surface area contributed by atoms with Gasteiger partial charge in [0.2, 0.25) is 0 Å². The average molecular weight is 282 g/mol. The van der Waals surface area contributed by atoms with Crippen molar-refractivity contribution in [3.63, 3.8) is 0 Å². The molecule has 3 N–H and O–H groups in total. The van der Waals surface area contributed by atoms with Crippen LogP contribution < -0.4 is 10.5 Å². The Labute approximate surface area is 113 Å². The lowest BCUT2D eigenvalue weighted by Crippen LogP contribution is -2.16. The number of hydrogen-bond acceptors (Lipinski definition) is 3. The number of benzene rings is 2. The van der Waals surface area contributed by atoms with E-state index in [0.29, 0.717) is 11.1 Å². The normalized spacial score (nSPS) is 10.2. The molecule has 2 rings (SSSR count). The van der Waals surface area contributed by atoms with Gasteiger partial charge in [0.25, 0.3) is 0 Å². The summed E-state index contributed by atoms with van der Waals surface area (Å²) in [7, 11) is 0. The minimum Gasteiger partial charge on any atom is -0.506 e. The highest BCUT2D eigenvalue weighted by molar-refractivity contribution is 6.32. The van der Waals surface area contributed by atoms with E-state index >= 15 is 0 Å². The van der Waals surface area contributed by atoms with Gasteiger partial charge in [-0.05, 0) is 35.9 Å². The molecule has 2 aromatic rings. The summed E-state index contributed by atoms with van der Waals surface area (Å²) in [6, 6.07) is 7.92. The van der Waals surface area contributed by atoms with Crippen LogP contribution in [0.4, 0.5) is 9.18 Å². The second kappa shape index (κ2) is 5.16. The fourth-order valence-electron chi connectivity index (χ4n) is 1.60. The van der Waals surface area contributed by atoms with Gasteiger partial charge in [0, 0.05) is 5.56 Å². The first-order chi connectivity index (χ1) is 8.97. The van der Waals surface area contributed by atoms with E-state index in [1.165, 1.54) is 30.3 Å². The van der Waals surface area contributed by atoms with Crippen molar-refractivity contribution in [2.45, 2.75) is 0 Å². The quantitative estimate of drug-likeness (QED) is 0.887. The molecule has 0 saturated carbocycles. The Bertz CT molecular complexity index is 646. The Hall–Kier alpha value is -2.27. The number of ether oxygens (including phenoxy) is 1. The number of aromatic hydroxyl groups is 1. The summed E-state index contributed by atoms with van der Waals surface area (Å²) in [5, 5.41) is 9.45. The zero-order chi connectivity index (χ0) is 14.0. The van der Waals surface area contributed by atoms with Crippen molar-refractivity contribution in [1.82, 2.24) is 0 Å². The third-order valence-corrected chi connectivity index (χ3v) is 2.71. The van der Waals surface area contributed by atoms with Crippen LogP contribution >= 0.6 is 11.6 Å². The van der Waals surface area contributed by atoms with E-state index in [0.717, 1.165) is 6.07 Å². The molecule has 98 valence electrons. The number of carbonyl (C=O) groups is 1. The third-order valence-electron chi connectivity index (χ3n) is 2.41. The Kier molecular flexibility index (Phi) is 3.57. The maximum absolute atomic E-state index is 13.3. The molecule has 0 saturated heterocycles. The van der Waals surface area contributed by atoms with Gasteiger partial charge >= 0.3 is 6.09 Å². The maximum Gasteiger partial charge on any atom is 0.409 e. The van der Waals surface area contributed by atoms with Crippen molar-refractivity contribution in [3.8, 4) is 22.6 Å². The molecule has 0 radical (unpaired) electrons. The molecule has 0 atom stereocenters. The molecule has 4 nitrogen and oxygen atoms in total. The zero-order valence-corrected chi connectivity index (χ0v) is 10.3. The van der Waals surface area contributed by atoms with Crippen molar-refractivity contribution in [2.24, 2.45) is 5.73 Å². The number of hydrogen-bond donors (Lipinski definition) is 2. The van der Waals surface area contributed by atoms with Gasteiger partial charge in [0.05, 0.1) is 5.02 Å². The molecule has 6 heteroatoms. The van der Waals surface area contributed by atoms with Crippen molar-refractivity contribution >= 4 is 17.7 Å². The topological polar surface area (TPSA) is 72.6 Å². The van der Waals surface area contributed by atoms with Crippen molar-refractivity contribution in [2.75, 3.05) is 0 Å². The number of carbonyl (C=O) groups excluding carboxylic acids is 1. The van der Waals surface area contributed by atoms with Crippen LogP contribution in [0, 0.1) is 5.82 Å². The van der Waals surface area contributed by atoms with E-state index in [4.69, 9.17) is 22.1 Å². The Morgan fingerprint density at radius 2 is 2.00 bits per heavy atom. The molecule has 0 aliphatic carbocycles. The molecular weight excluding hydrogens is 273 g/mol. The number of nitrogens with two attached hydrogens (primary N) is 1. The number of amides is 1. The molecule has 1 amide bonds. The lowest BCUT2D eigenvalue weighted by molar-refractivity contribution is 0.211. The van der Waals surface area contributed by atoms with Crippen molar-refractivity contribution in [3.05, 3.63) is 47.2 Å². The zero-order valence-electron chi connectivity index (χ0n) is 9.56. The van der Waals surface area contributed by atoms with Crippen LogP contribution in [0.2, 0.25) is 5.02 Å². The van der Waals surface area contributed by atoms with Crippen LogP contribution in [0.5, 0.6) is 11.5 Å². The number of primary amides is 1. The Morgan fingerprint density at radius 3 is 2.63 bits per heavy atom. The van der Waals surface area contributed by atoms with E-state index in [-0.39, 0.29) is 16.5 Å². The highest BCUT2D eigenvalue weighted by atomic mass is 35.5. The first-order valence-electron chi connectivity index (χ1n) is 5.23. The minimum atomic E-state index is -1.00. The monoisotopic (exact) mass is 281 g/mol. The predicted octanol–water partition coefficient (Wildman–Crippen LogP) is 3.31. The molecular formula is C13H9ClFNO3. The lowest BCUT2D eigenvalue weighted by Gasteiger charge is -2.09. The van der Waals surface area contributed by atoms with Crippen LogP contribution in [-0.4, -0.2) is 11.2 Å². The molecule has 19 heavy (non-hydrogen) atoms. The summed E-state index contributed by atoms with van der Waals surface area (Å²) in [5.41, 5.74) is 5.73. The van der Waals surface area contributed by atoms with Crippen LogP contribution in [0.1, 0.15) is 0 Å². The van der Waals surface area contributed by atoms with Gasteiger partial charge < -0.3 is 15.6 Å². The number of halogens is 2. The van der Waals surface area contributed by atoms with Gasteiger partial charge in [-0.15, -0.1) is 0 Å². The lowest BCUT2D eigenvalue weighted by atomic mass is 10.0. The molecule has 0 aliphatic heterocycles. The fourth-order valence-corrected chi connectivity index (χ4v) is 1.78. The average Bonchev–Trinajstić information content (AvgIpc) is 2.34. The van der Waals surface area contributed by atoms with Gasteiger partial charge in [-0.3, -0.25) is 0 Å². The summed E-state index contributed by atoms with van der Waals surface area (Å²) in [5.74, 6) is -0.495. The van der Waals surface area contributed by atoms with Crippen molar-refractivity contribution < 1.29 is 19.0 Å². The van der Waals surface area contributed by atoms with Gasteiger partial charge in [0.1, 0.15) is 17.3 Å². The summed E-state index contributed by atoms with van der Waals surface area (Å²) in [6.45, 7) is 0. The van der Waals surface area contributed by atoms with Crippen LogP contribution in [0.3, 0.4) is 0 Å². The predicted molar refractivity (Wildman–Crippen MR) is 68.7 cm³/mol. The standard InChI is InChI=1S/C13H9ClFNO3/c14-10-5-7(1-3-11(10)17)9-6-8(15)2-4-12(9)19-13(16)18/h1-6,17H,(H2,16,18). The maximum atomic E-state index is 13.3. The highest BCUT2D eigenvalue weighted by Crippen LogP contribution is 2.35. The summed E-state index contributed by atoms with van der Waals surface area (Å²) < 4.78 is 18.1. The molecule has 0 heterocycles. The molecule has 0 unspecified atom stereocenters. The molecule has 2 aromatic carbocycles. The molecule has 0 spiro atoms. The second-order valence-electron chi connectivity index (χ2n) is 3.73. The smallest absolute Gasteiger partial charge is 0.409 e. The molecule has 0 bridgehead atoms. The van der Waals surface area contributed by atoms with Crippen LogP contribution in [0.25, 0.3) is 11.1 Å². The van der Waals surface area contributed by atoms with Crippen LogP contribution in [0.15, 0.2) is 36.4 Å².